The number of hydrogen-bond donors (Lipinski definition) is 4. The van der Waals surface area contributed by atoms with Gasteiger partial charge >= 0.3 is 6.03 Å². The van der Waals surface area contributed by atoms with Crippen molar-refractivity contribution in [3.63, 3.8) is 0 Å². The zero-order chi connectivity index (χ0) is 27.4. The molecular formula is C29H39N5O4. The lowest BCUT2D eigenvalue weighted by molar-refractivity contribution is -0.0699. The van der Waals surface area contributed by atoms with Crippen molar-refractivity contribution in [2.45, 2.75) is 52.2 Å². The second kappa shape index (κ2) is 11.4. The van der Waals surface area contributed by atoms with Gasteiger partial charge in [0.2, 0.25) is 0 Å². The lowest BCUT2D eigenvalue weighted by Gasteiger charge is -2.35. The first-order chi connectivity index (χ1) is 18.0. The summed E-state index contributed by atoms with van der Waals surface area (Å²) in [7, 11) is 1.56. The number of rotatable bonds is 7. The molecule has 1 aliphatic heterocycles. The van der Waals surface area contributed by atoms with E-state index < -0.39 is 6.03 Å². The van der Waals surface area contributed by atoms with Crippen LogP contribution in [0.4, 0.5) is 16.2 Å². The average molecular weight is 522 g/mol. The second-order valence-electron chi connectivity index (χ2n) is 10.9. The van der Waals surface area contributed by atoms with Crippen LogP contribution in [0.2, 0.25) is 0 Å². The Morgan fingerprint density at radius 1 is 1.03 bits per heavy atom. The van der Waals surface area contributed by atoms with Crippen molar-refractivity contribution in [3.8, 4) is 5.75 Å². The zero-order valence-corrected chi connectivity index (χ0v) is 23.1. The number of nitrogens with zero attached hydrogens (tertiary/aromatic N) is 1. The molecule has 9 heteroatoms. The molecule has 38 heavy (non-hydrogen) atoms. The molecule has 4 rings (SSSR count). The van der Waals surface area contributed by atoms with E-state index in [0.29, 0.717) is 23.7 Å². The molecule has 1 aliphatic rings. The lowest BCUT2D eigenvalue weighted by atomic mass is 9.92. The number of ether oxygens (including phenoxy) is 2. The molecule has 0 aliphatic carbocycles. The van der Waals surface area contributed by atoms with E-state index in [0.717, 1.165) is 41.9 Å². The second-order valence-corrected chi connectivity index (χ2v) is 10.9. The Balaban J connectivity index is 1.47. The number of aromatic nitrogens is 1. The number of amides is 3. The van der Waals surface area contributed by atoms with Gasteiger partial charge in [0.15, 0.2) is 0 Å². The summed E-state index contributed by atoms with van der Waals surface area (Å²) in [5, 5.41) is 10.2. The average Bonchev–Trinajstić information content (AvgIpc) is 3.28. The van der Waals surface area contributed by atoms with Gasteiger partial charge in [0.25, 0.3) is 5.91 Å². The summed E-state index contributed by atoms with van der Waals surface area (Å²) in [6.07, 6.45) is 0.435. The third-order valence-corrected chi connectivity index (χ3v) is 6.62. The maximum absolute atomic E-state index is 13.0. The monoisotopic (exact) mass is 521 g/mol. The quantitative estimate of drug-likeness (QED) is 0.352. The van der Waals surface area contributed by atoms with Crippen LogP contribution in [0.15, 0.2) is 42.5 Å². The molecule has 9 nitrogen and oxygen atoms in total. The first kappa shape index (κ1) is 27.5. The molecule has 2 aromatic carbocycles. The van der Waals surface area contributed by atoms with Crippen LogP contribution < -0.4 is 20.7 Å². The summed E-state index contributed by atoms with van der Waals surface area (Å²) in [5.74, 6) is 0.465. The minimum atomic E-state index is -0.441. The molecule has 3 aromatic rings. The summed E-state index contributed by atoms with van der Waals surface area (Å²) in [6, 6.07) is 12.9. The van der Waals surface area contributed by atoms with Gasteiger partial charge in [-0.25, -0.2) is 4.79 Å². The Hall–Kier alpha value is -3.56. The fraction of sp³-hybridized carbons (Fsp3) is 0.448. The Morgan fingerprint density at radius 3 is 2.34 bits per heavy atom. The van der Waals surface area contributed by atoms with E-state index in [-0.39, 0.29) is 23.5 Å². The number of benzene rings is 2. The highest BCUT2D eigenvalue weighted by molar-refractivity contribution is 6.09. The van der Waals surface area contributed by atoms with Gasteiger partial charge in [-0.1, -0.05) is 45.0 Å². The van der Waals surface area contributed by atoms with Gasteiger partial charge in [-0.05, 0) is 32.0 Å². The van der Waals surface area contributed by atoms with Crippen LogP contribution in [0.1, 0.15) is 50.8 Å². The number of urea groups is 1. The highest BCUT2D eigenvalue weighted by Crippen LogP contribution is 2.32. The van der Waals surface area contributed by atoms with E-state index in [1.807, 2.05) is 57.2 Å². The predicted molar refractivity (Wildman–Crippen MR) is 151 cm³/mol. The van der Waals surface area contributed by atoms with Crippen molar-refractivity contribution in [3.05, 3.63) is 53.9 Å². The molecule has 2 atom stereocenters. The molecular weight excluding hydrogens is 482 g/mol. The first-order valence-corrected chi connectivity index (χ1v) is 13.1. The molecule has 0 bridgehead atoms. The number of aromatic amines is 1. The highest BCUT2D eigenvalue weighted by atomic mass is 16.5. The Bertz CT molecular complexity index is 1290. The van der Waals surface area contributed by atoms with Gasteiger partial charge < -0.3 is 30.4 Å². The van der Waals surface area contributed by atoms with Crippen molar-refractivity contribution in [1.82, 2.24) is 15.2 Å². The van der Waals surface area contributed by atoms with Crippen molar-refractivity contribution in [1.29, 1.82) is 0 Å². The van der Waals surface area contributed by atoms with Gasteiger partial charge in [-0.15, -0.1) is 0 Å². The number of nitrogens with one attached hydrogen (secondary N) is 4. The van der Waals surface area contributed by atoms with Gasteiger partial charge in [0.1, 0.15) is 18.1 Å². The predicted octanol–water partition coefficient (Wildman–Crippen LogP) is 4.96. The smallest absolute Gasteiger partial charge is 0.323 e. The standard InChI is InChI=1S/C29H39N5O4/c1-18-16-34(17-19(2)38-18)13-14-37-24-12-11-22(20-9-7-8-10-21(20)24)31-28(36)32-23-15-25(29(3,4)5)33-26(23)27(35)30-6/h7-12,15,18-19,33H,13-14,16-17H2,1-6H3,(H,30,35)(H2,31,32,36)/t18-,19-/m0/s1. The van der Waals surface area contributed by atoms with Crippen molar-refractivity contribution < 1.29 is 19.1 Å². The number of anilines is 2. The van der Waals surface area contributed by atoms with Crippen LogP contribution in [-0.2, 0) is 10.2 Å². The summed E-state index contributed by atoms with van der Waals surface area (Å²) in [6.45, 7) is 13.5. The SMILES string of the molecule is CNC(=O)c1[nH]c(C(C)(C)C)cc1NC(=O)Nc1ccc(OCCN2C[C@H](C)O[C@@H](C)C2)c2ccccc12. The highest BCUT2D eigenvalue weighted by Gasteiger charge is 2.24. The fourth-order valence-corrected chi connectivity index (χ4v) is 4.80. The minimum Gasteiger partial charge on any atom is -0.492 e. The topological polar surface area (TPSA) is 108 Å². The molecule has 4 N–H and O–H groups in total. The summed E-state index contributed by atoms with van der Waals surface area (Å²) < 4.78 is 12.0. The van der Waals surface area contributed by atoms with Crippen molar-refractivity contribution >= 4 is 34.1 Å². The molecule has 0 spiro atoms. The largest absolute Gasteiger partial charge is 0.492 e. The van der Waals surface area contributed by atoms with Crippen LogP contribution in [0, 0.1) is 0 Å². The zero-order valence-electron chi connectivity index (χ0n) is 23.1. The number of morpholine rings is 1. The Labute approximate surface area is 224 Å². The number of hydrogen-bond acceptors (Lipinski definition) is 5. The maximum atomic E-state index is 13.0. The fourth-order valence-electron chi connectivity index (χ4n) is 4.80. The van der Waals surface area contributed by atoms with Gasteiger partial charge in [0.05, 0.1) is 23.6 Å². The maximum Gasteiger partial charge on any atom is 0.323 e. The van der Waals surface area contributed by atoms with Gasteiger partial charge in [0, 0.05) is 48.6 Å². The van der Waals surface area contributed by atoms with E-state index >= 15 is 0 Å². The van der Waals surface area contributed by atoms with E-state index in [4.69, 9.17) is 9.47 Å². The number of carbonyl (C=O) groups excluding carboxylic acids is 2. The van der Waals surface area contributed by atoms with Crippen LogP contribution >= 0.6 is 0 Å². The number of fused-ring (bicyclic) bond motifs is 1. The third kappa shape index (κ3) is 6.46. The van der Waals surface area contributed by atoms with Crippen molar-refractivity contribution in [2.75, 3.05) is 43.9 Å². The van der Waals surface area contributed by atoms with Crippen LogP contribution in [0.5, 0.6) is 5.75 Å². The molecule has 1 fully saturated rings. The summed E-state index contributed by atoms with van der Waals surface area (Å²) in [5.41, 5.74) is 2.01. The molecule has 0 unspecified atom stereocenters. The van der Waals surface area contributed by atoms with Crippen LogP contribution in [0.3, 0.4) is 0 Å². The van der Waals surface area contributed by atoms with Gasteiger partial charge in [-0.3, -0.25) is 9.69 Å². The van der Waals surface area contributed by atoms with E-state index in [2.05, 4.69) is 39.7 Å². The molecule has 1 aromatic heterocycles. The first-order valence-electron chi connectivity index (χ1n) is 13.1. The molecule has 0 saturated carbocycles. The molecule has 0 radical (unpaired) electrons. The lowest BCUT2D eigenvalue weighted by Crippen LogP contribution is -2.46. The Kier molecular flexibility index (Phi) is 8.28. The van der Waals surface area contributed by atoms with E-state index in [9.17, 15) is 9.59 Å². The normalized spacial score (nSPS) is 18.3. The number of carbonyl (C=O) groups is 2. The third-order valence-electron chi connectivity index (χ3n) is 6.62. The van der Waals surface area contributed by atoms with Gasteiger partial charge in [-0.2, -0.15) is 0 Å². The summed E-state index contributed by atoms with van der Waals surface area (Å²) >= 11 is 0. The van der Waals surface area contributed by atoms with Crippen LogP contribution in [-0.4, -0.2) is 67.3 Å². The molecule has 3 amide bonds. The van der Waals surface area contributed by atoms with Crippen LogP contribution in [0.25, 0.3) is 10.8 Å². The summed E-state index contributed by atoms with van der Waals surface area (Å²) in [4.78, 5) is 30.9. The molecule has 204 valence electrons. The van der Waals surface area contributed by atoms with E-state index in [1.54, 1.807) is 13.1 Å². The van der Waals surface area contributed by atoms with Crippen molar-refractivity contribution in [2.24, 2.45) is 0 Å². The number of H-pyrrole nitrogens is 1. The molecule has 1 saturated heterocycles. The molecule has 2 heterocycles. The van der Waals surface area contributed by atoms with E-state index in [1.165, 1.54) is 0 Å². The minimum absolute atomic E-state index is 0.217. The Morgan fingerprint density at radius 2 is 1.68 bits per heavy atom.